The number of anilines is 1. The zero-order valence-electron chi connectivity index (χ0n) is 9.47. The van der Waals surface area contributed by atoms with Crippen LogP contribution in [-0.2, 0) is 11.3 Å². The number of ether oxygens (including phenoxy) is 1. The fourth-order valence-electron chi connectivity index (χ4n) is 1.39. The van der Waals surface area contributed by atoms with Gasteiger partial charge in [-0.05, 0) is 17.7 Å². The number of rotatable bonds is 3. The Morgan fingerprint density at radius 2 is 1.94 bits per heavy atom. The molecule has 92 valence electrons. The van der Waals surface area contributed by atoms with Crippen LogP contribution in [0.2, 0.25) is 5.02 Å². The second-order valence-corrected chi connectivity index (χ2v) is 4.04. The van der Waals surface area contributed by atoms with Crippen LogP contribution in [0.25, 0.3) is 0 Å². The van der Waals surface area contributed by atoms with Crippen LogP contribution in [0.3, 0.4) is 0 Å². The number of nitrogens with zero attached hydrogens (tertiary/aromatic N) is 1. The van der Waals surface area contributed by atoms with Gasteiger partial charge in [-0.1, -0.05) is 41.9 Å². The molecule has 0 fully saturated rings. The van der Waals surface area contributed by atoms with Crippen LogP contribution in [0, 0.1) is 0 Å². The standard InChI is InChI=1S/C13H11ClN2O2/c14-10-6-7-11(15)16-12(10)13(17)18-8-9-4-2-1-3-5-9/h1-7H,8H2,(H2,15,16). The maximum atomic E-state index is 11.8. The van der Waals surface area contributed by atoms with Crippen molar-refractivity contribution < 1.29 is 9.53 Å². The van der Waals surface area contributed by atoms with E-state index in [2.05, 4.69) is 4.98 Å². The van der Waals surface area contributed by atoms with E-state index in [1.165, 1.54) is 12.1 Å². The summed E-state index contributed by atoms with van der Waals surface area (Å²) in [6.07, 6.45) is 0. The first-order chi connectivity index (χ1) is 8.66. The Labute approximate surface area is 109 Å². The lowest BCUT2D eigenvalue weighted by molar-refractivity contribution is 0.0466. The fraction of sp³-hybridized carbons (Fsp3) is 0.0769. The summed E-state index contributed by atoms with van der Waals surface area (Å²) in [7, 11) is 0. The van der Waals surface area contributed by atoms with Gasteiger partial charge < -0.3 is 10.5 Å². The summed E-state index contributed by atoms with van der Waals surface area (Å²) < 4.78 is 5.11. The predicted molar refractivity (Wildman–Crippen MR) is 69.2 cm³/mol. The van der Waals surface area contributed by atoms with Crippen molar-refractivity contribution in [2.45, 2.75) is 6.61 Å². The van der Waals surface area contributed by atoms with Crippen molar-refractivity contribution in [2.24, 2.45) is 0 Å². The molecule has 0 aliphatic carbocycles. The predicted octanol–water partition coefficient (Wildman–Crippen LogP) is 2.67. The SMILES string of the molecule is Nc1ccc(Cl)c(C(=O)OCc2ccccc2)n1. The fourth-order valence-corrected chi connectivity index (χ4v) is 1.57. The normalized spacial score (nSPS) is 10.1. The minimum Gasteiger partial charge on any atom is -0.456 e. The summed E-state index contributed by atoms with van der Waals surface area (Å²) in [4.78, 5) is 15.6. The Kier molecular flexibility index (Phi) is 3.79. The molecule has 0 unspecified atom stereocenters. The number of halogens is 1. The van der Waals surface area contributed by atoms with Crippen LogP contribution in [0.15, 0.2) is 42.5 Å². The van der Waals surface area contributed by atoms with Gasteiger partial charge in [-0.25, -0.2) is 9.78 Å². The van der Waals surface area contributed by atoms with Gasteiger partial charge >= 0.3 is 5.97 Å². The number of pyridine rings is 1. The average Bonchev–Trinajstić information content (AvgIpc) is 2.40. The molecule has 4 nitrogen and oxygen atoms in total. The molecule has 1 aromatic carbocycles. The smallest absolute Gasteiger partial charge is 0.358 e. The molecule has 5 heteroatoms. The van der Waals surface area contributed by atoms with Gasteiger partial charge in [0.05, 0.1) is 5.02 Å². The van der Waals surface area contributed by atoms with Crippen LogP contribution >= 0.6 is 11.6 Å². The molecule has 0 saturated carbocycles. The van der Waals surface area contributed by atoms with Crippen molar-refractivity contribution in [1.82, 2.24) is 4.98 Å². The summed E-state index contributed by atoms with van der Waals surface area (Å²) in [5.41, 5.74) is 6.42. The van der Waals surface area contributed by atoms with Crippen molar-refractivity contribution in [2.75, 3.05) is 5.73 Å². The van der Waals surface area contributed by atoms with Gasteiger partial charge in [-0.3, -0.25) is 0 Å². The summed E-state index contributed by atoms with van der Waals surface area (Å²) in [6.45, 7) is 0.173. The average molecular weight is 263 g/mol. The van der Waals surface area contributed by atoms with E-state index < -0.39 is 5.97 Å². The molecule has 0 atom stereocenters. The number of benzene rings is 1. The number of carbonyl (C=O) groups excluding carboxylic acids is 1. The van der Waals surface area contributed by atoms with Gasteiger partial charge in [0, 0.05) is 0 Å². The molecule has 0 spiro atoms. The number of carbonyl (C=O) groups is 1. The Morgan fingerprint density at radius 1 is 1.22 bits per heavy atom. The minimum absolute atomic E-state index is 0.0348. The third-order valence-electron chi connectivity index (χ3n) is 2.27. The van der Waals surface area contributed by atoms with Crippen LogP contribution in [0.5, 0.6) is 0 Å². The van der Waals surface area contributed by atoms with Crippen molar-refractivity contribution in [3.05, 3.63) is 58.7 Å². The van der Waals surface area contributed by atoms with Crippen molar-refractivity contribution in [3.8, 4) is 0 Å². The monoisotopic (exact) mass is 262 g/mol. The summed E-state index contributed by atoms with van der Waals surface area (Å²) in [5, 5.41) is 0.224. The van der Waals surface area contributed by atoms with Crippen LogP contribution < -0.4 is 5.73 Å². The van der Waals surface area contributed by atoms with Crippen LogP contribution in [0.1, 0.15) is 16.1 Å². The minimum atomic E-state index is -0.587. The molecule has 1 aromatic heterocycles. The highest BCUT2D eigenvalue weighted by Gasteiger charge is 2.14. The third-order valence-corrected chi connectivity index (χ3v) is 2.58. The Balaban J connectivity index is 2.06. The second-order valence-electron chi connectivity index (χ2n) is 3.63. The molecule has 0 amide bonds. The lowest BCUT2D eigenvalue weighted by Crippen LogP contribution is -2.09. The number of aromatic nitrogens is 1. The highest BCUT2D eigenvalue weighted by atomic mass is 35.5. The number of hydrogen-bond acceptors (Lipinski definition) is 4. The zero-order valence-corrected chi connectivity index (χ0v) is 10.2. The van der Waals surface area contributed by atoms with E-state index >= 15 is 0 Å². The largest absolute Gasteiger partial charge is 0.456 e. The summed E-state index contributed by atoms with van der Waals surface area (Å²) in [5.74, 6) is -0.359. The molecular weight excluding hydrogens is 252 g/mol. The van der Waals surface area contributed by atoms with Gasteiger partial charge in [0.25, 0.3) is 0 Å². The van der Waals surface area contributed by atoms with Gasteiger partial charge in [-0.15, -0.1) is 0 Å². The van der Waals surface area contributed by atoms with E-state index in [0.29, 0.717) is 0 Å². The van der Waals surface area contributed by atoms with Crippen molar-refractivity contribution in [1.29, 1.82) is 0 Å². The molecule has 0 aliphatic rings. The van der Waals surface area contributed by atoms with Gasteiger partial charge in [0.2, 0.25) is 0 Å². The number of esters is 1. The van der Waals surface area contributed by atoms with Gasteiger partial charge in [0.15, 0.2) is 5.69 Å². The molecule has 0 saturated heterocycles. The molecule has 1 heterocycles. The molecule has 2 aromatic rings. The second kappa shape index (κ2) is 5.51. The van der Waals surface area contributed by atoms with Gasteiger partial charge in [0.1, 0.15) is 12.4 Å². The molecule has 2 rings (SSSR count). The van der Waals surface area contributed by atoms with E-state index in [4.69, 9.17) is 22.1 Å². The first-order valence-electron chi connectivity index (χ1n) is 5.30. The molecule has 0 aliphatic heterocycles. The molecule has 0 radical (unpaired) electrons. The highest BCUT2D eigenvalue weighted by molar-refractivity contribution is 6.33. The first kappa shape index (κ1) is 12.4. The Morgan fingerprint density at radius 3 is 2.67 bits per heavy atom. The maximum absolute atomic E-state index is 11.8. The summed E-state index contributed by atoms with van der Waals surface area (Å²) >= 11 is 5.85. The van der Waals surface area contributed by atoms with Crippen molar-refractivity contribution >= 4 is 23.4 Å². The maximum Gasteiger partial charge on any atom is 0.358 e. The molecule has 2 N–H and O–H groups in total. The van der Waals surface area contributed by atoms with Crippen molar-refractivity contribution in [3.63, 3.8) is 0 Å². The van der Waals surface area contributed by atoms with Crippen LogP contribution in [-0.4, -0.2) is 11.0 Å². The number of nitrogen functional groups attached to an aromatic ring is 1. The Hall–Kier alpha value is -2.07. The molecule has 0 bridgehead atoms. The van der Waals surface area contributed by atoms with E-state index in [9.17, 15) is 4.79 Å². The number of hydrogen-bond donors (Lipinski definition) is 1. The van der Waals surface area contributed by atoms with Gasteiger partial charge in [-0.2, -0.15) is 0 Å². The van der Waals surface area contributed by atoms with E-state index in [-0.39, 0.29) is 23.1 Å². The Bertz CT molecular complexity index is 558. The first-order valence-corrected chi connectivity index (χ1v) is 5.67. The zero-order chi connectivity index (χ0) is 13.0. The quantitative estimate of drug-likeness (QED) is 0.864. The number of nitrogens with two attached hydrogens (primary N) is 1. The lowest BCUT2D eigenvalue weighted by Gasteiger charge is -2.06. The van der Waals surface area contributed by atoms with E-state index in [1.54, 1.807) is 0 Å². The highest BCUT2D eigenvalue weighted by Crippen LogP contribution is 2.16. The topological polar surface area (TPSA) is 65.2 Å². The van der Waals surface area contributed by atoms with Crippen LogP contribution in [0.4, 0.5) is 5.82 Å². The third kappa shape index (κ3) is 2.99. The lowest BCUT2D eigenvalue weighted by atomic mass is 10.2. The summed E-state index contributed by atoms with van der Waals surface area (Å²) in [6, 6.07) is 12.4. The molecule has 18 heavy (non-hydrogen) atoms. The van der Waals surface area contributed by atoms with E-state index in [1.807, 2.05) is 30.3 Å². The van der Waals surface area contributed by atoms with E-state index in [0.717, 1.165) is 5.56 Å². The molecular formula is C13H11ClN2O2.